The fourth-order valence-corrected chi connectivity index (χ4v) is 7.56. The molecule has 0 nitrogen and oxygen atoms in total. The van der Waals surface area contributed by atoms with Gasteiger partial charge in [0.05, 0.1) is 8.50 Å². The maximum Gasteiger partial charge on any atom is 0.0947 e. The molecule has 0 aliphatic carbocycles. The molecule has 1 aliphatic rings. The Morgan fingerprint density at radius 1 is 1.55 bits per heavy atom. The molecule has 0 amide bonds. The van der Waals surface area contributed by atoms with Crippen LogP contribution in [0, 0.1) is 0 Å². The molecule has 0 saturated carbocycles. The summed E-state index contributed by atoms with van der Waals surface area (Å²) in [5, 5.41) is 1.70. The zero-order chi connectivity index (χ0) is 8.27. The van der Waals surface area contributed by atoms with Crippen LogP contribution in [0.15, 0.2) is 0 Å². The van der Waals surface area contributed by atoms with Crippen molar-refractivity contribution in [1.82, 2.24) is 0 Å². The molecule has 11 heavy (non-hydrogen) atoms. The van der Waals surface area contributed by atoms with Gasteiger partial charge in [-0.3, -0.25) is 0 Å². The lowest BCUT2D eigenvalue weighted by Gasteiger charge is -2.25. The first-order valence-electron chi connectivity index (χ1n) is 3.43. The normalized spacial score (nSPS) is 35.2. The van der Waals surface area contributed by atoms with Crippen LogP contribution in [0.1, 0.15) is 13.3 Å². The zero-order valence-corrected chi connectivity index (χ0v) is 10.5. The molecule has 3 unspecified atom stereocenters. The fourth-order valence-electron chi connectivity index (χ4n) is 0.784. The van der Waals surface area contributed by atoms with Gasteiger partial charge in [0.25, 0.3) is 0 Å². The average molecular weight is 244 g/mol. The number of hydrogen-bond acceptors (Lipinski definition) is 5. The molecular weight excluding hydrogens is 232 g/mol. The summed E-state index contributed by atoms with van der Waals surface area (Å²) >= 11 is 14.7. The lowest BCUT2D eigenvalue weighted by molar-refractivity contribution is 0.897. The van der Waals surface area contributed by atoms with E-state index in [0.29, 0.717) is 13.7 Å². The molecule has 0 aromatic carbocycles. The smallest absolute Gasteiger partial charge is 0.0947 e. The van der Waals surface area contributed by atoms with Crippen molar-refractivity contribution in [3.05, 3.63) is 0 Å². The summed E-state index contributed by atoms with van der Waals surface area (Å²) in [5.41, 5.74) is 0. The second-order valence-corrected chi connectivity index (χ2v) is 9.06. The third-order valence-corrected chi connectivity index (χ3v) is 6.44. The number of rotatable bonds is 2. The van der Waals surface area contributed by atoms with Gasteiger partial charge in [0.15, 0.2) is 0 Å². The van der Waals surface area contributed by atoms with Crippen LogP contribution in [0.4, 0.5) is 0 Å². The van der Waals surface area contributed by atoms with E-state index in [0.717, 1.165) is 0 Å². The predicted octanol–water partition coefficient (Wildman–Crippen LogP) is 3.41. The molecule has 1 saturated heterocycles. The molecule has 1 fully saturated rings. The summed E-state index contributed by atoms with van der Waals surface area (Å²) in [6, 6.07) is 0. The highest BCUT2D eigenvalue weighted by atomic mass is 32.3. The van der Waals surface area contributed by atoms with Crippen molar-refractivity contribution in [2.45, 2.75) is 27.1 Å². The Labute approximate surface area is 92.2 Å². The van der Waals surface area contributed by atoms with Crippen LogP contribution < -0.4 is 0 Å². The van der Waals surface area contributed by atoms with Crippen LogP contribution in [-0.2, 0) is 0 Å². The average Bonchev–Trinajstić information content (AvgIpc) is 1.85. The van der Waals surface area contributed by atoms with Gasteiger partial charge in [0.2, 0.25) is 0 Å². The third-order valence-electron chi connectivity index (χ3n) is 1.27. The van der Waals surface area contributed by atoms with E-state index in [1.54, 1.807) is 0 Å². The molecule has 0 bridgehead atoms. The minimum Gasteiger partial charge on any atom is -0.176 e. The van der Waals surface area contributed by atoms with Gasteiger partial charge in [0.1, 0.15) is 0 Å². The Morgan fingerprint density at radius 3 is 2.82 bits per heavy atom. The maximum atomic E-state index is 4.43. The topological polar surface area (TPSA) is 0 Å². The lowest BCUT2D eigenvalue weighted by Crippen LogP contribution is -2.11. The highest BCUT2D eigenvalue weighted by Gasteiger charge is 2.21. The highest BCUT2D eigenvalue weighted by molar-refractivity contribution is 8.38. The molecule has 0 aromatic rings. The quantitative estimate of drug-likeness (QED) is 0.715. The van der Waals surface area contributed by atoms with Crippen LogP contribution in [-0.4, -0.2) is 18.8 Å². The second-order valence-electron chi connectivity index (χ2n) is 2.41. The number of hydrogen-bond donors (Lipinski definition) is 2. The summed E-state index contributed by atoms with van der Waals surface area (Å²) < 4.78 is 1.19. The predicted molar refractivity (Wildman–Crippen MR) is 67.3 cm³/mol. The third kappa shape index (κ3) is 4.50. The first kappa shape index (κ1) is 10.8. The monoisotopic (exact) mass is 244 g/mol. The van der Waals surface area contributed by atoms with E-state index < -0.39 is 0 Å². The van der Waals surface area contributed by atoms with Crippen LogP contribution in [0.25, 0.3) is 0 Å². The fraction of sp³-hybridized carbons (Fsp3) is 1.00. The first-order valence-corrected chi connectivity index (χ1v) is 7.50. The summed E-state index contributed by atoms with van der Waals surface area (Å²) in [6.45, 7) is 2.15. The molecule has 0 N–H and O–H groups in total. The Kier molecular flexibility index (Phi) is 5.39. The van der Waals surface area contributed by atoms with E-state index in [9.17, 15) is 0 Å². The Bertz CT molecular complexity index is 114. The second kappa shape index (κ2) is 5.47. The van der Waals surface area contributed by atoms with E-state index in [1.165, 1.54) is 11.5 Å². The standard InChI is InChI=1S/C6H12S5/c1-4(7)2-5-9-3-10-6(8)11-5/h4-8H,2-3H2,1H3. The van der Waals surface area contributed by atoms with Crippen LogP contribution >= 0.6 is 60.5 Å². The zero-order valence-electron chi connectivity index (χ0n) is 6.27. The number of thiol groups is 2. The molecule has 3 atom stereocenters. The van der Waals surface area contributed by atoms with Gasteiger partial charge in [-0.1, -0.05) is 6.92 Å². The Balaban J connectivity index is 2.23. The van der Waals surface area contributed by atoms with E-state index >= 15 is 0 Å². The van der Waals surface area contributed by atoms with Crippen LogP contribution in [0.3, 0.4) is 0 Å². The van der Waals surface area contributed by atoms with Crippen LogP contribution in [0.2, 0.25) is 0 Å². The van der Waals surface area contributed by atoms with E-state index in [-0.39, 0.29) is 0 Å². The molecule has 5 heteroatoms. The maximum absolute atomic E-state index is 4.43. The van der Waals surface area contributed by atoms with Crippen molar-refractivity contribution in [2.24, 2.45) is 0 Å². The van der Waals surface area contributed by atoms with E-state index in [1.807, 2.05) is 35.3 Å². The van der Waals surface area contributed by atoms with E-state index in [4.69, 9.17) is 0 Å². The Hall–Kier alpha value is 1.75. The summed E-state index contributed by atoms with van der Waals surface area (Å²) in [4.78, 5) is 0. The van der Waals surface area contributed by atoms with Gasteiger partial charge in [-0.25, -0.2) is 0 Å². The van der Waals surface area contributed by atoms with Gasteiger partial charge in [0, 0.05) is 10.3 Å². The molecule has 0 aromatic heterocycles. The van der Waals surface area contributed by atoms with Gasteiger partial charge in [-0.05, 0) is 6.42 Å². The van der Waals surface area contributed by atoms with E-state index in [2.05, 4.69) is 32.2 Å². The minimum atomic E-state index is 0.480. The van der Waals surface area contributed by atoms with Gasteiger partial charge in [-0.15, -0.1) is 35.3 Å². The van der Waals surface area contributed by atoms with Crippen molar-refractivity contribution >= 4 is 60.5 Å². The van der Waals surface area contributed by atoms with Gasteiger partial charge in [-0.2, -0.15) is 25.3 Å². The molecule has 66 valence electrons. The van der Waals surface area contributed by atoms with Crippen molar-refractivity contribution in [3.8, 4) is 0 Å². The molecule has 0 spiro atoms. The molecule has 0 radical (unpaired) electrons. The van der Waals surface area contributed by atoms with Crippen molar-refractivity contribution in [2.75, 3.05) is 5.08 Å². The molecule has 1 rings (SSSR count). The number of thioether (sulfide) groups is 3. The Morgan fingerprint density at radius 2 is 2.27 bits per heavy atom. The lowest BCUT2D eigenvalue weighted by atomic mass is 10.4. The molecular formula is C6H12S5. The summed E-state index contributed by atoms with van der Waals surface area (Å²) in [7, 11) is 0. The van der Waals surface area contributed by atoms with Crippen molar-refractivity contribution in [3.63, 3.8) is 0 Å². The largest absolute Gasteiger partial charge is 0.176 e. The van der Waals surface area contributed by atoms with Gasteiger partial charge >= 0.3 is 0 Å². The van der Waals surface area contributed by atoms with Crippen molar-refractivity contribution in [1.29, 1.82) is 0 Å². The van der Waals surface area contributed by atoms with Gasteiger partial charge < -0.3 is 0 Å². The summed E-state index contributed by atoms with van der Waals surface area (Å²) in [5.74, 6) is 0. The summed E-state index contributed by atoms with van der Waals surface area (Å²) in [6.07, 6.45) is 1.19. The molecule has 1 heterocycles. The SMILES string of the molecule is CC(S)CC1SCSC(S)S1. The van der Waals surface area contributed by atoms with Crippen LogP contribution in [0.5, 0.6) is 0 Å². The highest BCUT2D eigenvalue weighted by Crippen LogP contribution is 2.45. The first-order chi connectivity index (χ1) is 5.18. The minimum absolute atomic E-state index is 0.480. The molecule has 1 aliphatic heterocycles. The van der Waals surface area contributed by atoms with Crippen molar-refractivity contribution < 1.29 is 0 Å².